The first-order valence-electron chi connectivity index (χ1n) is 7.77. The number of aromatic nitrogens is 1. The molecular formula is C18H24N2O. The smallest absolute Gasteiger partial charge is 0.134 e. The van der Waals surface area contributed by atoms with Gasteiger partial charge in [-0.2, -0.15) is 0 Å². The van der Waals surface area contributed by atoms with Gasteiger partial charge in [0.2, 0.25) is 0 Å². The number of hydrogen-bond donors (Lipinski definition) is 1. The number of nitrogens with one attached hydrogen (secondary N) is 1. The Hall–Kier alpha value is -1.77. The van der Waals surface area contributed by atoms with Gasteiger partial charge in [-0.25, -0.2) is 4.98 Å². The number of methoxy groups -OCH3 is 1. The summed E-state index contributed by atoms with van der Waals surface area (Å²) < 4.78 is 5.30. The van der Waals surface area contributed by atoms with E-state index in [0.717, 1.165) is 11.6 Å². The average Bonchev–Trinajstić information content (AvgIpc) is 2.46. The maximum absolute atomic E-state index is 5.30. The van der Waals surface area contributed by atoms with Crippen molar-refractivity contribution in [1.29, 1.82) is 0 Å². The van der Waals surface area contributed by atoms with Crippen LogP contribution in [0.5, 0.6) is 5.75 Å². The predicted octanol–water partition coefficient (Wildman–Crippen LogP) is 4.62. The van der Waals surface area contributed by atoms with Crippen LogP contribution in [0, 0.1) is 5.41 Å². The lowest BCUT2D eigenvalue weighted by molar-refractivity contribution is 0.229. The summed E-state index contributed by atoms with van der Waals surface area (Å²) in [4.78, 5) is 4.55. The van der Waals surface area contributed by atoms with E-state index in [0.29, 0.717) is 11.5 Å². The molecule has 1 saturated carbocycles. The van der Waals surface area contributed by atoms with Gasteiger partial charge in [-0.1, -0.05) is 20.3 Å². The lowest BCUT2D eigenvalue weighted by Gasteiger charge is -2.36. The summed E-state index contributed by atoms with van der Waals surface area (Å²) in [7, 11) is 1.70. The largest absolute Gasteiger partial charge is 0.497 e. The number of fused-ring (bicyclic) bond motifs is 1. The molecule has 3 rings (SSSR count). The molecular weight excluding hydrogens is 260 g/mol. The van der Waals surface area contributed by atoms with Gasteiger partial charge < -0.3 is 10.1 Å². The third kappa shape index (κ3) is 3.12. The summed E-state index contributed by atoms with van der Waals surface area (Å²) in [5.41, 5.74) is 0.434. The minimum atomic E-state index is 0.434. The van der Waals surface area contributed by atoms with E-state index >= 15 is 0 Å². The molecule has 3 heteroatoms. The van der Waals surface area contributed by atoms with Crippen LogP contribution in [-0.2, 0) is 0 Å². The monoisotopic (exact) mass is 284 g/mol. The van der Waals surface area contributed by atoms with Crippen molar-refractivity contribution >= 4 is 16.6 Å². The number of pyridine rings is 1. The second-order valence-electron chi connectivity index (χ2n) is 6.85. The van der Waals surface area contributed by atoms with E-state index in [-0.39, 0.29) is 0 Å². The van der Waals surface area contributed by atoms with Crippen molar-refractivity contribution in [2.75, 3.05) is 12.4 Å². The Labute approximate surface area is 126 Å². The molecule has 0 amide bonds. The van der Waals surface area contributed by atoms with Crippen molar-refractivity contribution in [3.63, 3.8) is 0 Å². The van der Waals surface area contributed by atoms with Gasteiger partial charge in [0.05, 0.1) is 7.11 Å². The zero-order valence-corrected chi connectivity index (χ0v) is 13.1. The Balaban J connectivity index is 1.87. The lowest BCUT2D eigenvalue weighted by atomic mass is 9.75. The van der Waals surface area contributed by atoms with E-state index in [1.807, 2.05) is 18.3 Å². The van der Waals surface area contributed by atoms with Crippen molar-refractivity contribution < 1.29 is 4.74 Å². The van der Waals surface area contributed by atoms with Crippen molar-refractivity contribution in [3.8, 4) is 5.75 Å². The number of nitrogens with zero attached hydrogens (tertiary/aromatic N) is 1. The fourth-order valence-corrected chi connectivity index (χ4v) is 3.41. The van der Waals surface area contributed by atoms with Crippen LogP contribution < -0.4 is 10.1 Å². The van der Waals surface area contributed by atoms with Crippen molar-refractivity contribution in [2.45, 2.75) is 45.6 Å². The summed E-state index contributed by atoms with van der Waals surface area (Å²) in [6.45, 7) is 4.73. The SMILES string of the molecule is COc1ccc2c(NC3CCCC(C)(C)C3)nccc2c1. The topological polar surface area (TPSA) is 34.1 Å². The molecule has 2 aromatic rings. The molecule has 1 heterocycles. The summed E-state index contributed by atoms with van der Waals surface area (Å²) in [6.07, 6.45) is 6.94. The fourth-order valence-electron chi connectivity index (χ4n) is 3.41. The molecule has 0 saturated heterocycles. The summed E-state index contributed by atoms with van der Waals surface area (Å²) >= 11 is 0. The molecule has 1 aliphatic rings. The molecule has 1 aliphatic carbocycles. The lowest BCUT2D eigenvalue weighted by Crippen LogP contribution is -2.32. The number of anilines is 1. The molecule has 112 valence electrons. The van der Waals surface area contributed by atoms with Crippen LogP contribution in [0.1, 0.15) is 39.5 Å². The number of hydrogen-bond acceptors (Lipinski definition) is 3. The standard InChI is InChI=1S/C18H24N2O/c1-18(2)9-4-5-14(12-18)20-17-16-7-6-15(21-3)11-13(16)8-10-19-17/h6-8,10-11,14H,4-5,9,12H2,1-3H3,(H,19,20). The van der Waals surface area contributed by atoms with E-state index in [9.17, 15) is 0 Å². The van der Waals surface area contributed by atoms with Gasteiger partial charge in [0, 0.05) is 17.6 Å². The second-order valence-corrected chi connectivity index (χ2v) is 6.85. The minimum absolute atomic E-state index is 0.434. The third-order valence-electron chi connectivity index (χ3n) is 4.52. The molecule has 1 atom stereocenters. The summed E-state index contributed by atoms with van der Waals surface area (Å²) in [5.74, 6) is 1.89. The zero-order chi connectivity index (χ0) is 14.9. The van der Waals surface area contributed by atoms with Crippen LogP contribution in [0.3, 0.4) is 0 Å². The van der Waals surface area contributed by atoms with E-state index in [4.69, 9.17) is 4.74 Å². The van der Waals surface area contributed by atoms with E-state index in [2.05, 4.69) is 36.3 Å². The van der Waals surface area contributed by atoms with Gasteiger partial charge in [0.1, 0.15) is 11.6 Å². The highest BCUT2D eigenvalue weighted by Crippen LogP contribution is 2.37. The molecule has 1 fully saturated rings. The Morgan fingerprint density at radius 1 is 1.29 bits per heavy atom. The summed E-state index contributed by atoms with van der Waals surface area (Å²) in [6, 6.07) is 8.71. The average molecular weight is 284 g/mol. The Kier molecular flexibility index (Phi) is 3.75. The third-order valence-corrected chi connectivity index (χ3v) is 4.52. The van der Waals surface area contributed by atoms with Crippen LogP contribution in [0.15, 0.2) is 30.5 Å². The molecule has 1 unspecified atom stereocenters. The number of benzene rings is 1. The number of rotatable bonds is 3. The molecule has 3 nitrogen and oxygen atoms in total. The normalized spacial score (nSPS) is 21.2. The predicted molar refractivity (Wildman–Crippen MR) is 88.0 cm³/mol. The molecule has 1 aromatic heterocycles. The Morgan fingerprint density at radius 3 is 2.90 bits per heavy atom. The second kappa shape index (κ2) is 5.55. The molecule has 0 radical (unpaired) electrons. The maximum atomic E-state index is 5.30. The minimum Gasteiger partial charge on any atom is -0.497 e. The molecule has 1 N–H and O–H groups in total. The molecule has 1 aromatic carbocycles. The van der Waals surface area contributed by atoms with E-state index in [1.54, 1.807) is 7.11 Å². The maximum Gasteiger partial charge on any atom is 0.134 e. The van der Waals surface area contributed by atoms with Gasteiger partial charge in [0.15, 0.2) is 0 Å². The first-order valence-corrected chi connectivity index (χ1v) is 7.77. The van der Waals surface area contributed by atoms with Crippen LogP contribution in [-0.4, -0.2) is 18.1 Å². The fraction of sp³-hybridized carbons (Fsp3) is 0.500. The van der Waals surface area contributed by atoms with Crippen LogP contribution >= 0.6 is 0 Å². The van der Waals surface area contributed by atoms with Crippen molar-refractivity contribution in [3.05, 3.63) is 30.5 Å². The highest BCUT2D eigenvalue weighted by molar-refractivity contribution is 5.92. The molecule has 0 spiro atoms. The highest BCUT2D eigenvalue weighted by Gasteiger charge is 2.28. The highest BCUT2D eigenvalue weighted by atomic mass is 16.5. The van der Waals surface area contributed by atoms with Gasteiger partial charge in [-0.3, -0.25) is 0 Å². The van der Waals surface area contributed by atoms with Gasteiger partial charge >= 0.3 is 0 Å². The van der Waals surface area contributed by atoms with E-state index < -0.39 is 0 Å². The van der Waals surface area contributed by atoms with Crippen molar-refractivity contribution in [1.82, 2.24) is 4.98 Å². The zero-order valence-electron chi connectivity index (χ0n) is 13.1. The summed E-state index contributed by atoms with van der Waals surface area (Å²) in [5, 5.41) is 6.00. The molecule has 21 heavy (non-hydrogen) atoms. The quantitative estimate of drug-likeness (QED) is 0.892. The first kappa shape index (κ1) is 14.2. The molecule has 0 aliphatic heterocycles. The van der Waals surface area contributed by atoms with Crippen LogP contribution in [0.4, 0.5) is 5.82 Å². The number of ether oxygens (including phenoxy) is 1. The van der Waals surface area contributed by atoms with Crippen molar-refractivity contribution in [2.24, 2.45) is 5.41 Å². The van der Waals surface area contributed by atoms with Crippen LogP contribution in [0.2, 0.25) is 0 Å². The van der Waals surface area contributed by atoms with Crippen LogP contribution in [0.25, 0.3) is 10.8 Å². The Morgan fingerprint density at radius 2 is 2.14 bits per heavy atom. The van der Waals surface area contributed by atoms with Gasteiger partial charge in [0.25, 0.3) is 0 Å². The van der Waals surface area contributed by atoms with E-state index in [1.165, 1.54) is 36.5 Å². The van der Waals surface area contributed by atoms with Gasteiger partial charge in [-0.05, 0) is 54.3 Å². The Bertz CT molecular complexity index is 636. The first-order chi connectivity index (χ1) is 10.1. The molecule has 0 bridgehead atoms. The van der Waals surface area contributed by atoms with Gasteiger partial charge in [-0.15, -0.1) is 0 Å².